The molecule has 1 fully saturated rings. The van der Waals surface area contributed by atoms with Crippen LogP contribution in [0.1, 0.15) is 10.4 Å². The molecule has 0 unspecified atom stereocenters. The number of ether oxygens (including phenoxy) is 2. The number of methoxy groups -OCH3 is 1. The van der Waals surface area contributed by atoms with Crippen molar-refractivity contribution >= 4 is 5.91 Å². The van der Waals surface area contributed by atoms with E-state index in [-0.39, 0.29) is 13.1 Å². The fourth-order valence-electron chi connectivity index (χ4n) is 2.04. The molecule has 2 rings (SSSR count). The van der Waals surface area contributed by atoms with Gasteiger partial charge in [0, 0.05) is 12.7 Å². The minimum absolute atomic E-state index is 0.334. The Balaban J connectivity index is 1.96. The average Bonchev–Trinajstić information content (AvgIpc) is 2.43. The molecule has 7 heteroatoms. The van der Waals surface area contributed by atoms with Gasteiger partial charge in [-0.05, 0) is 18.2 Å². The van der Waals surface area contributed by atoms with Gasteiger partial charge in [-0.25, -0.2) is 8.78 Å². The predicted molar refractivity (Wildman–Crippen MR) is 70.7 cm³/mol. The smallest absolute Gasteiger partial charge is 0.270 e. The van der Waals surface area contributed by atoms with Crippen LogP contribution in [0.2, 0.25) is 0 Å². The Labute approximate surface area is 121 Å². The summed E-state index contributed by atoms with van der Waals surface area (Å²) in [6.07, 6.45) is -2.86. The fraction of sp³-hybridized carbons (Fsp3) is 0.500. The molecule has 1 aromatic carbocycles. The molecular weight excluding hydrogens is 284 g/mol. The van der Waals surface area contributed by atoms with Gasteiger partial charge in [0.15, 0.2) is 5.60 Å². The zero-order valence-electron chi connectivity index (χ0n) is 11.6. The zero-order chi connectivity index (χ0) is 15.5. The van der Waals surface area contributed by atoms with Gasteiger partial charge >= 0.3 is 0 Å². The number of alkyl halides is 2. The maximum atomic E-state index is 12.5. The van der Waals surface area contributed by atoms with Crippen molar-refractivity contribution < 1.29 is 28.2 Å². The highest BCUT2D eigenvalue weighted by Gasteiger charge is 2.50. The molecule has 1 heterocycles. The topological polar surface area (TPSA) is 59.0 Å². The second-order valence-electron chi connectivity index (χ2n) is 4.93. The molecule has 1 amide bonds. The van der Waals surface area contributed by atoms with Gasteiger partial charge in [0.2, 0.25) is 0 Å². The molecule has 21 heavy (non-hydrogen) atoms. The minimum Gasteiger partial charge on any atom is -0.491 e. The number of halogens is 2. The van der Waals surface area contributed by atoms with Crippen molar-refractivity contribution in [1.29, 1.82) is 0 Å². The van der Waals surface area contributed by atoms with Crippen molar-refractivity contribution in [1.82, 2.24) is 4.90 Å². The molecule has 116 valence electrons. The van der Waals surface area contributed by atoms with Gasteiger partial charge in [0.25, 0.3) is 12.3 Å². The van der Waals surface area contributed by atoms with E-state index in [0.717, 1.165) is 0 Å². The monoisotopic (exact) mass is 301 g/mol. The molecule has 0 saturated carbocycles. The summed E-state index contributed by atoms with van der Waals surface area (Å²) >= 11 is 0. The van der Waals surface area contributed by atoms with E-state index in [1.807, 2.05) is 0 Å². The number of hydrogen-bond donors (Lipinski definition) is 1. The van der Waals surface area contributed by atoms with Gasteiger partial charge < -0.3 is 19.5 Å². The van der Waals surface area contributed by atoms with E-state index in [0.29, 0.717) is 24.5 Å². The van der Waals surface area contributed by atoms with E-state index in [1.165, 1.54) is 11.0 Å². The van der Waals surface area contributed by atoms with E-state index in [2.05, 4.69) is 0 Å². The van der Waals surface area contributed by atoms with E-state index in [1.54, 1.807) is 25.3 Å². The van der Waals surface area contributed by atoms with Gasteiger partial charge in [-0.3, -0.25) is 4.79 Å². The zero-order valence-corrected chi connectivity index (χ0v) is 11.6. The van der Waals surface area contributed by atoms with Crippen molar-refractivity contribution in [2.45, 2.75) is 12.0 Å². The number of hydrogen-bond acceptors (Lipinski definition) is 4. The second-order valence-corrected chi connectivity index (χ2v) is 4.93. The molecule has 1 aliphatic rings. The van der Waals surface area contributed by atoms with Crippen molar-refractivity contribution in [2.24, 2.45) is 0 Å². The third-order valence-corrected chi connectivity index (χ3v) is 3.26. The van der Waals surface area contributed by atoms with E-state index >= 15 is 0 Å². The van der Waals surface area contributed by atoms with E-state index in [9.17, 15) is 18.7 Å². The van der Waals surface area contributed by atoms with Crippen molar-refractivity contribution in [3.05, 3.63) is 29.8 Å². The van der Waals surface area contributed by atoms with Gasteiger partial charge in [0.1, 0.15) is 12.4 Å². The third kappa shape index (κ3) is 3.48. The Kier molecular flexibility index (Phi) is 4.74. The number of benzene rings is 1. The Bertz CT molecular complexity index is 504. The lowest BCUT2D eigenvalue weighted by molar-refractivity contribution is -0.166. The third-order valence-electron chi connectivity index (χ3n) is 3.26. The summed E-state index contributed by atoms with van der Waals surface area (Å²) in [6.45, 7) is 0.0469. The number of carbonyl (C=O) groups is 1. The van der Waals surface area contributed by atoms with Crippen LogP contribution in [-0.2, 0) is 4.74 Å². The molecule has 0 aliphatic carbocycles. The standard InChI is InChI=1S/C14H17F2NO4/c1-20-5-6-21-11-4-2-3-10(7-11)12(18)17-8-14(19,9-17)13(15)16/h2-4,7,13,19H,5-6,8-9H2,1H3. The Morgan fingerprint density at radius 2 is 2.14 bits per heavy atom. The first kappa shape index (κ1) is 15.7. The second kappa shape index (κ2) is 6.36. The lowest BCUT2D eigenvalue weighted by Gasteiger charge is -2.45. The van der Waals surface area contributed by atoms with Crippen LogP contribution in [0, 0.1) is 0 Å². The largest absolute Gasteiger partial charge is 0.491 e. The van der Waals surface area contributed by atoms with E-state index in [4.69, 9.17) is 9.47 Å². The van der Waals surface area contributed by atoms with Crippen LogP contribution in [0.3, 0.4) is 0 Å². The molecule has 0 atom stereocenters. The van der Waals surface area contributed by atoms with Crippen molar-refractivity contribution in [2.75, 3.05) is 33.4 Å². The summed E-state index contributed by atoms with van der Waals surface area (Å²) in [7, 11) is 1.55. The predicted octanol–water partition coefficient (Wildman–Crippen LogP) is 1.16. The molecule has 1 aromatic rings. The normalized spacial score (nSPS) is 16.7. The molecule has 0 radical (unpaired) electrons. The van der Waals surface area contributed by atoms with Gasteiger partial charge in [-0.2, -0.15) is 0 Å². The van der Waals surface area contributed by atoms with Crippen molar-refractivity contribution in [3.8, 4) is 5.75 Å². The summed E-state index contributed by atoms with van der Waals surface area (Å²) < 4.78 is 35.3. The first-order chi connectivity index (χ1) is 9.96. The average molecular weight is 301 g/mol. The molecule has 0 aromatic heterocycles. The van der Waals surface area contributed by atoms with Crippen LogP contribution in [-0.4, -0.2) is 61.4 Å². The Morgan fingerprint density at radius 3 is 2.76 bits per heavy atom. The van der Waals surface area contributed by atoms with E-state index < -0.39 is 17.9 Å². The number of amides is 1. The Hall–Kier alpha value is -1.73. The molecule has 0 spiro atoms. The number of nitrogens with zero attached hydrogens (tertiary/aromatic N) is 1. The lowest BCUT2D eigenvalue weighted by Crippen LogP contribution is -2.67. The summed E-state index contributed by atoms with van der Waals surface area (Å²) in [5, 5.41) is 9.47. The van der Waals surface area contributed by atoms with Crippen LogP contribution in [0.5, 0.6) is 5.75 Å². The molecule has 1 saturated heterocycles. The van der Waals surface area contributed by atoms with Crippen molar-refractivity contribution in [3.63, 3.8) is 0 Å². The molecule has 5 nitrogen and oxygen atoms in total. The Morgan fingerprint density at radius 1 is 1.43 bits per heavy atom. The maximum absolute atomic E-state index is 12.5. The number of aliphatic hydroxyl groups is 1. The molecule has 1 N–H and O–H groups in total. The van der Waals surface area contributed by atoms with Crippen LogP contribution in [0.4, 0.5) is 8.78 Å². The molecule has 1 aliphatic heterocycles. The summed E-state index contributed by atoms with van der Waals surface area (Å²) in [6, 6.07) is 6.45. The summed E-state index contributed by atoms with van der Waals surface area (Å²) in [4.78, 5) is 13.3. The minimum atomic E-state index is -2.86. The highest BCUT2D eigenvalue weighted by molar-refractivity contribution is 5.95. The van der Waals surface area contributed by atoms with Crippen LogP contribution in [0.25, 0.3) is 0 Å². The number of β-amino-alcohol motifs (C(OH)–C–C–N with tert-alkyl or cyclic N) is 1. The maximum Gasteiger partial charge on any atom is 0.270 e. The quantitative estimate of drug-likeness (QED) is 0.801. The lowest BCUT2D eigenvalue weighted by atomic mass is 9.94. The summed E-state index contributed by atoms with van der Waals surface area (Å²) in [5.41, 5.74) is -1.75. The number of likely N-dealkylation sites (tertiary alicyclic amines) is 1. The van der Waals surface area contributed by atoms with Crippen LogP contribution >= 0.6 is 0 Å². The highest BCUT2D eigenvalue weighted by Crippen LogP contribution is 2.29. The molecular formula is C14H17F2NO4. The number of rotatable bonds is 6. The summed E-state index contributed by atoms with van der Waals surface area (Å²) in [5.74, 6) is 0.0973. The first-order valence-corrected chi connectivity index (χ1v) is 6.48. The van der Waals surface area contributed by atoms with Crippen LogP contribution in [0.15, 0.2) is 24.3 Å². The van der Waals surface area contributed by atoms with Gasteiger partial charge in [-0.1, -0.05) is 6.07 Å². The van der Waals surface area contributed by atoms with Crippen LogP contribution < -0.4 is 4.74 Å². The first-order valence-electron chi connectivity index (χ1n) is 6.48. The van der Waals surface area contributed by atoms with Gasteiger partial charge in [-0.15, -0.1) is 0 Å². The fourth-order valence-corrected chi connectivity index (χ4v) is 2.04. The SMILES string of the molecule is COCCOc1cccc(C(=O)N2CC(O)(C(F)F)C2)c1. The number of carbonyl (C=O) groups excluding carboxylic acids is 1. The highest BCUT2D eigenvalue weighted by atomic mass is 19.3. The van der Waals surface area contributed by atoms with Gasteiger partial charge in [0.05, 0.1) is 19.7 Å². The molecule has 0 bridgehead atoms.